The summed E-state index contributed by atoms with van der Waals surface area (Å²) < 4.78 is 2.84. The average Bonchev–Trinajstić information content (AvgIpc) is 2.82. The maximum Gasteiger partial charge on any atom is 0.155 e. The van der Waals surface area contributed by atoms with E-state index in [1.54, 1.807) is 6.20 Å². The summed E-state index contributed by atoms with van der Waals surface area (Å²) in [6.45, 7) is 4.93. The van der Waals surface area contributed by atoms with E-state index in [0.717, 1.165) is 28.2 Å². The second-order valence-electron chi connectivity index (χ2n) is 4.86. The summed E-state index contributed by atoms with van der Waals surface area (Å²) in [5, 5.41) is 3.47. The Morgan fingerprint density at radius 1 is 1.20 bits per heavy atom. The molecule has 0 aliphatic heterocycles. The molecule has 0 aliphatic rings. The van der Waals surface area contributed by atoms with Crippen LogP contribution in [0.1, 0.15) is 16.8 Å². The Morgan fingerprint density at radius 3 is 2.90 bits per heavy atom. The van der Waals surface area contributed by atoms with Crippen molar-refractivity contribution in [2.75, 3.05) is 5.32 Å². The van der Waals surface area contributed by atoms with Crippen LogP contribution in [-0.4, -0.2) is 14.4 Å². The molecular weight excluding hydrogens is 316 g/mol. The molecule has 2 aromatic heterocycles. The molecule has 20 heavy (non-hydrogen) atoms. The predicted octanol–water partition coefficient (Wildman–Crippen LogP) is 3.72. The number of halogens is 1. The molecule has 3 rings (SSSR count). The van der Waals surface area contributed by atoms with E-state index in [4.69, 9.17) is 0 Å². The highest BCUT2D eigenvalue weighted by Crippen LogP contribution is 2.18. The third-order valence-corrected chi connectivity index (χ3v) is 3.70. The lowest BCUT2D eigenvalue weighted by molar-refractivity contribution is 0.981. The second kappa shape index (κ2) is 5.25. The van der Waals surface area contributed by atoms with E-state index in [1.165, 1.54) is 11.1 Å². The van der Waals surface area contributed by atoms with Crippen molar-refractivity contribution in [2.24, 2.45) is 0 Å². The fraction of sp³-hybridized carbons (Fsp3) is 0.200. The number of hydrogen-bond donors (Lipinski definition) is 1. The van der Waals surface area contributed by atoms with Gasteiger partial charge < -0.3 is 5.32 Å². The number of fused-ring (bicyclic) bond motifs is 1. The lowest BCUT2D eigenvalue weighted by Crippen LogP contribution is -2.04. The monoisotopic (exact) mass is 330 g/mol. The molecule has 2 heterocycles. The molecule has 0 fully saturated rings. The first-order chi connectivity index (χ1) is 9.63. The number of anilines is 1. The largest absolute Gasteiger partial charge is 0.379 e. The summed E-state index contributed by atoms with van der Waals surface area (Å²) in [4.78, 5) is 8.53. The van der Waals surface area contributed by atoms with Crippen LogP contribution in [0.25, 0.3) is 5.65 Å². The van der Waals surface area contributed by atoms with Crippen molar-refractivity contribution < 1.29 is 0 Å². The SMILES string of the molecule is Cc1ccc(C)c(NCc2cnc3cnc(Br)cn23)c1. The Labute approximate surface area is 126 Å². The van der Waals surface area contributed by atoms with Crippen molar-refractivity contribution in [3.63, 3.8) is 0 Å². The first kappa shape index (κ1) is 13.1. The van der Waals surface area contributed by atoms with Gasteiger partial charge in [0.2, 0.25) is 0 Å². The molecule has 102 valence electrons. The Bertz CT molecular complexity index is 764. The number of aromatic nitrogens is 3. The van der Waals surface area contributed by atoms with Gasteiger partial charge in [-0.3, -0.25) is 4.40 Å². The summed E-state index contributed by atoms with van der Waals surface area (Å²) in [5.41, 5.74) is 5.61. The fourth-order valence-electron chi connectivity index (χ4n) is 2.16. The standard InChI is InChI=1S/C15H15BrN4/c1-10-3-4-11(2)13(5-10)17-6-12-7-19-15-8-18-14(16)9-20(12)15/h3-5,7-9,17H,6H2,1-2H3. The number of nitrogens with zero attached hydrogens (tertiary/aromatic N) is 3. The molecule has 0 amide bonds. The maximum absolute atomic E-state index is 4.35. The van der Waals surface area contributed by atoms with Crippen molar-refractivity contribution in [3.8, 4) is 0 Å². The molecule has 0 aliphatic carbocycles. The van der Waals surface area contributed by atoms with E-state index >= 15 is 0 Å². The van der Waals surface area contributed by atoms with Crippen LogP contribution in [0.15, 0.2) is 41.4 Å². The number of nitrogens with one attached hydrogen (secondary N) is 1. The van der Waals surface area contributed by atoms with Crippen LogP contribution in [-0.2, 0) is 6.54 Å². The van der Waals surface area contributed by atoms with Gasteiger partial charge in [-0.2, -0.15) is 0 Å². The highest BCUT2D eigenvalue weighted by atomic mass is 79.9. The molecule has 3 aromatic rings. The van der Waals surface area contributed by atoms with Crippen LogP contribution in [0.3, 0.4) is 0 Å². The molecule has 0 spiro atoms. The summed E-state index contributed by atoms with van der Waals surface area (Å²) in [6.07, 6.45) is 5.57. The van der Waals surface area contributed by atoms with Crippen LogP contribution in [0.5, 0.6) is 0 Å². The molecule has 1 N–H and O–H groups in total. The minimum absolute atomic E-state index is 0.724. The van der Waals surface area contributed by atoms with Crippen LogP contribution in [0, 0.1) is 13.8 Å². The van der Waals surface area contributed by atoms with E-state index in [1.807, 2.05) is 16.8 Å². The van der Waals surface area contributed by atoms with Gasteiger partial charge in [0.25, 0.3) is 0 Å². The Morgan fingerprint density at radius 2 is 2.05 bits per heavy atom. The van der Waals surface area contributed by atoms with Crippen molar-refractivity contribution >= 4 is 27.3 Å². The lowest BCUT2D eigenvalue weighted by atomic mass is 10.1. The van der Waals surface area contributed by atoms with Gasteiger partial charge >= 0.3 is 0 Å². The van der Waals surface area contributed by atoms with Gasteiger partial charge in [-0.1, -0.05) is 12.1 Å². The molecule has 0 unspecified atom stereocenters. The second-order valence-corrected chi connectivity index (χ2v) is 5.67. The Kier molecular flexibility index (Phi) is 3.44. The van der Waals surface area contributed by atoms with Crippen LogP contribution in [0.2, 0.25) is 0 Å². The van der Waals surface area contributed by atoms with E-state index in [9.17, 15) is 0 Å². The summed E-state index contributed by atoms with van der Waals surface area (Å²) in [7, 11) is 0. The van der Waals surface area contributed by atoms with E-state index in [-0.39, 0.29) is 0 Å². The molecule has 0 saturated heterocycles. The van der Waals surface area contributed by atoms with Gasteiger partial charge in [-0.25, -0.2) is 9.97 Å². The van der Waals surface area contributed by atoms with Crippen LogP contribution < -0.4 is 5.32 Å². The van der Waals surface area contributed by atoms with Crippen LogP contribution >= 0.6 is 15.9 Å². The molecule has 1 aromatic carbocycles. The van der Waals surface area contributed by atoms with E-state index < -0.39 is 0 Å². The van der Waals surface area contributed by atoms with Gasteiger partial charge in [0.1, 0.15) is 4.60 Å². The number of rotatable bonds is 3. The Hall–Kier alpha value is -1.88. The molecule has 0 bridgehead atoms. The summed E-state index contributed by atoms with van der Waals surface area (Å²) >= 11 is 3.39. The van der Waals surface area contributed by atoms with Gasteiger partial charge in [-0.05, 0) is 47.0 Å². The number of benzene rings is 1. The third kappa shape index (κ3) is 2.54. The molecule has 0 atom stereocenters. The fourth-order valence-corrected chi connectivity index (χ4v) is 2.47. The number of hydrogen-bond acceptors (Lipinski definition) is 3. The topological polar surface area (TPSA) is 42.2 Å². The van der Waals surface area contributed by atoms with Crippen LogP contribution in [0.4, 0.5) is 5.69 Å². The smallest absolute Gasteiger partial charge is 0.155 e. The van der Waals surface area contributed by atoms with Crippen molar-refractivity contribution in [1.82, 2.24) is 14.4 Å². The minimum atomic E-state index is 0.724. The first-order valence-corrected chi connectivity index (χ1v) is 7.21. The third-order valence-electron chi connectivity index (χ3n) is 3.29. The predicted molar refractivity (Wildman–Crippen MR) is 83.9 cm³/mol. The van der Waals surface area contributed by atoms with Gasteiger partial charge in [0.15, 0.2) is 5.65 Å². The van der Waals surface area contributed by atoms with Crippen molar-refractivity contribution in [2.45, 2.75) is 20.4 Å². The Balaban J connectivity index is 1.86. The molecular formula is C15H15BrN4. The molecule has 0 saturated carbocycles. The van der Waals surface area contributed by atoms with Crippen molar-refractivity contribution in [1.29, 1.82) is 0 Å². The number of imidazole rings is 1. The quantitative estimate of drug-likeness (QED) is 0.795. The number of aryl methyl sites for hydroxylation is 2. The maximum atomic E-state index is 4.35. The zero-order valence-electron chi connectivity index (χ0n) is 11.4. The zero-order valence-corrected chi connectivity index (χ0v) is 13.0. The minimum Gasteiger partial charge on any atom is -0.379 e. The highest BCUT2D eigenvalue weighted by molar-refractivity contribution is 9.10. The lowest BCUT2D eigenvalue weighted by Gasteiger charge is -2.10. The summed E-state index contributed by atoms with van der Waals surface area (Å²) in [6, 6.07) is 6.42. The van der Waals surface area contributed by atoms with Gasteiger partial charge in [0, 0.05) is 11.9 Å². The molecule has 5 heteroatoms. The highest BCUT2D eigenvalue weighted by Gasteiger charge is 2.05. The van der Waals surface area contributed by atoms with Gasteiger partial charge in [-0.15, -0.1) is 0 Å². The average molecular weight is 331 g/mol. The van der Waals surface area contributed by atoms with Gasteiger partial charge in [0.05, 0.1) is 24.6 Å². The zero-order chi connectivity index (χ0) is 14.1. The normalized spacial score (nSPS) is 10.9. The molecule has 4 nitrogen and oxygen atoms in total. The van der Waals surface area contributed by atoms with Crippen molar-refractivity contribution in [3.05, 3.63) is 58.2 Å². The van der Waals surface area contributed by atoms with E-state index in [2.05, 4.69) is 63.3 Å². The summed E-state index contributed by atoms with van der Waals surface area (Å²) in [5.74, 6) is 0. The van der Waals surface area contributed by atoms with E-state index in [0.29, 0.717) is 0 Å². The first-order valence-electron chi connectivity index (χ1n) is 6.42. The molecule has 0 radical (unpaired) electrons.